The minimum atomic E-state index is -0.534. The molecule has 5 nitrogen and oxygen atoms in total. The van der Waals surface area contributed by atoms with Crippen LogP contribution in [0.5, 0.6) is 0 Å². The molecule has 0 saturated heterocycles. The Labute approximate surface area is 218 Å². The molecule has 0 bridgehead atoms. The molecule has 1 aromatic heterocycles. The van der Waals surface area contributed by atoms with Gasteiger partial charge in [0.1, 0.15) is 5.82 Å². The maximum Gasteiger partial charge on any atom is 0.346 e. The first-order valence-electron chi connectivity index (χ1n) is 14.6. The van der Waals surface area contributed by atoms with Gasteiger partial charge in [-0.05, 0) is 122 Å². The molecule has 10 atom stereocenters. The largest absolute Gasteiger partial charge is 0.408 e. The van der Waals surface area contributed by atoms with Gasteiger partial charge in [0, 0.05) is 6.42 Å². The molecule has 6 heteroatoms. The van der Waals surface area contributed by atoms with E-state index in [1.807, 2.05) is 0 Å². The summed E-state index contributed by atoms with van der Waals surface area (Å²) in [6.45, 7) is 7.10. The van der Waals surface area contributed by atoms with Crippen molar-refractivity contribution in [2.24, 2.45) is 46.3 Å². The van der Waals surface area contributed by atoms with Gasteiger partial charge in [-0.1, -0.05) is 20.8 Å². The summed E-state index contributed by atoms with van der Waals surface area (Å²) in [7, 11) is 0. The number of nitrogens with zero attached hydrogens (tertiary/aromatic N) is 1. The van der Waals surface area contributed by atoms with Crippen molar-refractivity contribution in [3.63, 3.8) is 0 Å². The van der Waals surface area contributed by atoms with Crippen molar-refractivity contribution < 1.29 is 19.0 Å². The number of aryl methyl sites for hydroxylation is 1. The molecule has 4 fully saturated rings. The third-order valence-corrected chi connectivity index (χ3v) is 12.0. The number of aliphatic hydroxyl groups excluding tert-OH is 2. The fourth-order valence-electron chi connectivity index (χ4n) is 9.91. The molecule has 0 amide bonds. The standard InChI is InChI=1S/C31H42FNO4/c1-17(4-11-28-33-26-10-6-19(32)15-22(26)29(36)37-28)23-8-9-24-21-7-5-18-14-20(34)12-13-30(18,2)25(21)16-27(35)31(23,24)3/h6,10,15,17-18,20-21,23-25,27,34-35H,4-5,7-9,11-14,16H2,1-3H3/t17-,18-,20-,21+,23-,24+,25?,27+,30+,31-/m1/s1. The van der Waals surface area contributed by atoms with E-state index < -0.39 is 11.4 Å². The van der Waals surface area contributed by atoms with Crippen molar-refractivity contribution in [1.29, 1.82) is 0 Å². The highest BCUT2D eigenvalue weighted by Crippen LogP contribution is 2.68. The van der Waals surface area contributed by atoms with E-state index in [4.69, 9.17) is 4.42 Å². The first-order chi connectivity index (χ1) is 17.6. The van der Waals surface area contributed by atoms with E-state index in [0.29, 0.717) is 53.3 Å². The maximum atomic E-state index is 13.5. The molecule has 2 aromatic rings. The van der Waals surface area contributed by atoms with E-state index >= 15 is 0 Å². The van der Waals surface area contributed by atoms with Crippen molar-refractivity contribution in [3.05, 3.63) is 40.3 Å². The second kappa shape index (κ2) is 9.15. The fourth-order valence-corrected chi connectivity index (χ4v) is 9.91. The Morgan fingerprint density at radius 1 is 1.11 bits per heavy atom. The number of hydrogen-bond acceptors (Lipinski definition) is 5. The zero-order chi connectivity index (χ0) is 26.1. The number of fused-ring (bicyclic) bond motifs is 6. The molecule has 0 spiro atoms. The molecule has 4 aliphatic rings. The second-order valence-electron chi connectivity index (χ2n) is 13.5. The lowest BCUT2D eigenvalue weighted by molar-refractivity contribution is -0.174. The second-order valence-corrected chi connectivity index (χ2v) is 13.5. The highest BCUT2D eigenvalue weighted by atomic mass is 19.1. The zero-order valence-electron chi connectivity index (χ0n) is 22.5. The number of hydrogen-bond donors (Lipinski definition) is 2. The summed E-state index contributed by atoms with van der Waals surface area (Å²) >= 11 is 0. The SMILES string of the molecule is C[C@H](CCc1nc2ccc(F)cc2c(=O)o1)[C@H]1CC[C@H]2[C@@H]3CC[C@@H]4C[C@H](O)CC[C@]4(C)C3C[C@H](O)[C@]12C. The van der Waals surface area contributed by atoms with E-state index in [9.17, 15) is 19.4 Å². The van der Waals surface area contributed by atoms with Gasteiger partial charge in [-0.15, -0.1) is 0 Å². The van der Waals surface area contributed by atoms with Gasteiger partial charge in [0.25, 0.3) is 0 Å². The lowest BCUT2D eigenvalue weighted by Gasteiger charge is -2.62. The average molecular weight is 512 g/mol. The Morgan fingerprint density at radius 2 is 1.92 bits per heavy atom. The van der Waals surface area contributed by atoms with E-state index in [-0.39, 0.29) is 28.4 Å². The van der Waals surface area contributed by atoms with E-state index in [1.165, 1.54) is 37.5 Å². The minimum absolute atomic E-state index is 0.0901. The summed E-state index contributed by atoms with van der Waals surface area (Å²) in [5, 5.41) is 22.3. The number of halogens is 1. The third-order valence-electron chi connectivity index (χ3n) is 12.0. The molecule has 4 saturated carbocycles. The molecule has 1 heterocycles. The number of rotatable bonds is 4. The van der Waals surface area contributed by atoms with Crippen LogP contribution < -0.4 is 5.63 Å². The van der Waals surface area contributed by atoms with E-state index in [2.05, 4.69) is 25.8 Å². The molecule has 1 unspecified atom stereocenters. The van der Waals surface area contributed by atoms with Crippen molar-refractivity contribution in [1.82, 2.24) is 4.98 Å². The highest BCUT2D eigenvalue weighted by molar-refractivity contribution is 5.76. The predicted octanol–water partition coefficient (Wildman–Crippen LogP) is 5.89. The lowest BCUT2D eigenvalue weighted by Crippen LogP contribution is -2.58. The number of aliphatic hydroxyl groups is 2. The minimum Gasteiger partial charge on any atom is -0.408 e. The van der Waals surface area contributed by atoms with Gasteiger partial charge in [-0.2, -0.15) is 0 Å². The Bertz CT molecular complexity index is 1230. The summed E-state index contributed by atoms with van der Waals surface area (Å²) in [4.78, 5) is 16.9. The molecule has 37 heavy (non-hydrogen) atoms. The molecule has 202 valence electrons. The van der Waals surface area contributed by atoms with Crippen LogP contribution in [0.15, 0.2) is 27.4 Å². The summed E-state index contributed by atoms with van der Waals surface area (Å²) in [5.74, 6) is 3.09. The summed E-state index contributed by atoms with van der Waals surface area (Å²) in [5.41, 5.74) is 0.0955. The fraction of sp³-hybridized carbons (Fsp3) is 0.742. The molecule has 2 N–H and O–H groups in total. The molecule has 0 aliphatic heterocycles. The molecule has 1 aromatic carbocycles. The summed E-state index contributed by atoms with van der Waals surface area (Å²) in [6.07, 6.45) is 9.54. The first-order valence-corrected chi connectivity index (χ1v) is 14.6. The predicted molar refractivity (Wildman–Crippen MR) is 140 cm³/mol. The third kappa shape index (κ3) is 4.00. The number of aromatic nitrogens is 1. The monoisotopic (exact) mass is 511 g/mol. The van der Waals surface area contributed by atoms with Gasteiger partial charge in [0.15, 0.2) is 5.89 Å². The van der Waals surface area contributed by atoms with Gasteiger partial charge in [0.2, 0.25) is 0 Å². The molecular formula is C31H42FNO4. The van der Waals surface area contributed by atoms with Gasteiger partial charge < -0.3 is 14.6 Å². The van der Waals surface area contributed by atoms with Gasteiger partial charge in [-0.25, -0.2) is 14.2 Å². The first kappa shape index (κ1) is 25.5. The van der Waals surface area contributed by atoms with Crippen LogP contribution in [0.2, 0.25) is 0 Å². The molecule has 6 rings (SSSR count). The quantitative estimate of drug-likeness (QED) is 0.535. The Hall–Kier alpha value is -1.79. The Morgan fingerprint density at radius 3 is 2.73 bits per heavy atom. The van der Waals surface area contributed by atoms with Crippen LogP contribution in [-0.4, -0.2) is 27.4 Å². The Balaban J connectivity index is 1.19. The Kier molecular flexibility index (Phi) is 6.30. The molecule has 0 radical (unpaired) electrons. The van der Waals surface area contributed by atoms with Crippen molar-refractivity contribution in [3.8, 4) is 0 Å². The molecule has 4 aliphatic carbocycles. The molecular weight excluding hydrogens is 469 g/mol. The van der Waals surface area contributed by atoms with E-state index in [1.54, 1.807) is 0 Å². The van der Waals surface area contributed by atoms with Gasteiger partial charge in [0.05, 0.1) is 23.1 Å². The van der Waals surface area contributed by atoms with Gasteiger partial charge >= 0.3 is 5.63 Å². The highest BCUT2D eigenvalue weighted by Gasteiger charge is 2.63. The van der Waals surface area contributed by atoms with Crippen molar-refractivity contribution in [2.45, 2.75) is 97.2 Å². The van der Waals surface area contributed by atoms with Crippen LogP contribution in [0.25, 0.3) is 10.9 Å². The zero-order valence-corrected chi connectivity index (χ0v) is 22.5. The van der Waals surface area contributed by atoms with E-state index in [0.717, 1.165) is 38.5 Å². The number of benzene rings is 1. The average Bonchev–Trinajstić information content (AvgIpc) is 3.23. The summed E-state index contributed by atoms with van der Waals surface area (Å²) < 4.78 is 19.0. The smallest absolute Gasteiger partial charge is 0.346 e. The summed E-state index contributed by atoms with van der Waals surface area (Å²) in [6, 6.07) is 4.04. The van der Waals surface area contributed by atoms with Crippen LogP contribution in [0.3, 0.4) is 0 Å². The topological polar surface area (TPSA) is 83.6 Å². The normalized spacial score (nSPS) is 42.2. The van der Waals surface area contributed by atoms with Gasteiger partial charge in [-0.3, -0.25) is 0 Å². The van der Waals surface area contributed by atoms with Crippen LogP contribution in [-0.2, 0) is 6.42 Å². The van der Waals surface area contributed by atoms with Crippen molar-refractivity contribution in [2.75, 3.05) is 0 Å². The van der Waals surface area contributed by atoms with Crippen LogP contribution in [0, 0.1) is 52.2 Å². The van der Waals surface area contributed by atoms with Crippen molar-refractivity contribution >= 4 is 10.9 Å². The van der Waals surface area contributed by atoms with Crippen LogP contribution in [0.1, 0.15) is 84.4 Å². The maximum absolute atomic E-state index is 13.5. The van der Waals surface area contributed by atoms with Crippen LogP contribution in [0.4, 0.5) is 4.39 Å². The van der Waals surface area contributed by atoms with Crippen LogP contribution >= 0.6 is 0 Å². The lowest BCUT2D eigenvalue weighted by atomic mass is 9.43.